The lowest BCUT2D eigenvalue weighted by atomic mass is 10.3. The molecule has 128 valence electrons. The fourth-order valence-corrected chi connectivity index (χ4v) is 2.87. The van der Waals surface area contributed by atoms with Crippen molar-refractivity contribution in [2.24, 2.45) is 4.99 Å². The number of guanidine groups is 1. The second kappa shape index (κ2) is 10.1. The van der Waals surface area contributed by atoms with Crippen LogP contribution in [0.15, 0.2) is 50.6 Å². The second-order valence-corrected chi connectivity index (χ2v) is 6.75. The van der Waals surface area contributed by atoms with Crippen molar-refractivity contribution >= 4 is 44.8 Å². The molecule has 1 amide bonds. The van der Waals surface area contributed by atoms with Crippen molar-refractivity contribution in [1.82, 2.24) is 10.6 Å². The van der Waals surface area contributed by atoms with Gasteiger partial charge in [0.15, 0.2) is 5.96 Å². The summed E-state index contributed by atoms with van der Waals surface area (Å²) in [5.41, 5.74) is 1.98. The number of hydrogen-bond acceptors (Lipinski definition) is 3. The number of benzene rings is 1. The lowest BCUT2D eigenvalue weighted by Gasteiger charge is -2.11. The number of nitrogens with one attached hydrogen (secondary N) is 3. The van der Waals surface area contributed by atoms with E-state index in [0.29, 0.717) is 19.5 Å². The van der Waals surface area contributed by atoms with Gasteiger partial charge in [-0.1, -0.05) is 15.9 Å². The average molecular weight is 409 g/mol. The second-order valence-electron chi connectivity index (χ2n) is 5.06. The molecular formula is C17H21BrN4OS. The number of anilines is 1. The van der Waals surface area contributed by atoms with E-state index in [4.69, 9.17) is 0 Å². The quantitative estimate of drug-likeness (QED) is 0.484. The Kier molecular flexibility index (Phi) is 7.77. The molecule has 0 spiro atoms. The minimum absolute atomic E-state index is 0.0292. The number of halogens is 1. The third kappa shape index (κ3) is 6.72. The summed E-state index contributed by atoms with van der Waals surface area (Å²) in [4.78, 5) is 16.5. The van der Waals surface area contributed by atoms with Gasteiger partial charge in [-0.3, -0.25) is 4.79 Å². The molecule has 0 atom stereocenters. The van der Waals surface area contributed by atoms with E-state index in [9.17, 15) is 4.79 Å². The Hall–Kier alpha value is -1.86. The highest BCUT2D eigenvalue weighted by Gasteiger charge is 2.04. The molecule has 0 saturated carbocycles. The summed E-state index contributed by atoms with van der Waals surface area (Å²) in [6.07, 6.45) is 0.374. The molecule has 3 N–H and O–H groups in total. The summed E-state index contributed by atoms with van der Waals surface area (Å²) in [6, 6.07) is 9.58. The maximum atomic E-state index is 12.0. The van der Waals surface area contributed by atoms with E-state index in [2.05, 4.69) is 48.3 Å². The zero-order valence-electron chi connectivity index (χ0n) is 13.5. The predicted octanol–water partition coefficient (Wildman–Crippen LogP) is 3.59. The van der Waals surface area contributed by atoms with Crippen molar-refractivity contribution in [3.05, 3.63) is 51.1 Å². The fraction of sp³-hybridized carbons (Fsp3) is 0.294. The number of rotatable bonds is 7. The van der Waals surface area contributed by atoms with Gasteiger partial charge in [0.2, 0.25) is 5.91 Å². The summed E-state index contributed by atoms with van der Waals surface area (Å²) < 4.78 is 0.985. The summed E-state index contributed by atoms with van der Waals surface area (Å²) in [7, 11) is 0. The van der Waals surface area contributed by atoms with Crippen LogP contribution < -0.4 is 16.0 Å². The minimum Gasteiger partial charge on any atom is -0.357 e. The number of carbonyl (C=O) groups excluding carboxylic acids is 1. The molecule has 0 aliphatic rings. The van der Waals surface area contributed by atoms with Crippen molar-refractivity contribution in [1.29, 1.82) is 0 Å². The van der Waals surface area contributed by atoms with Gasteiger partial charge in [0, 0.05) is 29.7 Å². The maximum absolute atomic E-state index is 12.0. The van der Waals surface area contributed by atoms with Crippen molar-refractivity contribution in [2.75, 3.05) is 18.4 Å². The van der Waals surface area contributed by atoms with Gasteiger partial charge < -0.3 is 16.0 Å². The van der Waals surface area contributed by atoms with Crippen LogP contribution in [0.25, 0.3) is 0 Å². The highest BCUT2D eigenvalue weighted by atomic mass is 79.9. The molecule has 0 radical (unpaired) electrons. The highest BCUT2D eigenvalue weighted by molar-refractivity contribution is 9.10. The van der Waals surface area contributed by atoms with Crippen LogP contribution in [0.3, 0.4) is 0 Å². The molecule has 0 bridgehead atoms. The molecule has 24 heavy (non-hydrogen) atoms. The van der Waals surface area contributed by atoms with Crippen LogP contribution in [0.4, 0.5) is 5.69 Å². The Bertz CT molecular complexity index is 656. The monoisotopic (exact) mass is 408 g/mol. The first-order valence-electron chi connectivity index (χ1n) is 7.76. The average Bonchev–Trinajstić information content (AvgIpc) is 3.08. The highest BCUT2D eigenvalue weighted by Crippen LogP contribution is 2.14. The van der Waals surface area contributed by atoms with Crippen LogP contribution in [0, 0.1) is 0 Å². The van der Waals surface area contributed by atoms with Gasteiger partial charge in [0.05, 0.1) is 6.54 Å². The minimum atomic E-state index is -0.0292. The van der Waals surface area contributed by atoms with Gasteiger partial charge in [-0.15, -0.1) is 0 Å². The van der Waals surface area contributed by atoms with E-state index in [-0.39, 0.29) is 5.91 Å². The number of carbonyl (C=O) groups is 1. The Morgan fingerprint density at radius 2 is 2.00 bits per heavy atom. The number of aliphatic imine (C=N–C) groups is 1. The van der Waals surface area contributed by atoms with Gasteiger partial charge >= 0.3 is 0 Å². The van der Waals surface area contributed by atoms with Crippen LogP contribution >= 0.6 is 27.3 Å². The number of nitrogens with zero attached hydrogens (tertiary/aromatic N) is 1. The molecule has 2 aromatic rings. The topological polar surface area (TPSA) is 65.5 Å². The van der Waals surface area contributed by atoms with E-state index in [1.165, 1.54) is 5.56 Å². The molecule has 1 aromatic heterocycles. The molecule has 5 nitrogen and oxygen atoms in total. The molecule has 0 saturated heterocycles. The molecule has 1 heterocycles. The first-order valence-corrected chi connectivity index (χ1v) is 9.49. The molecule has 0 aliphatic carbocycles. The summed E-state index contributed by atoms with van der Waals surface area (Å²) in [5.74, 6) is 0.693. The van der Waals surface area contributed by atoms with E-state index in [1.807, 2.05) is 36.6 Å². The van der Waals surface area contributed by atoms with E-state index in [0.717, 1.165) is 22.7 Å². The summed E-state index contributed by atoms with van der Waals surface area (Å²) >= 11 is 5.03. The summed E-state index contributed by atoms with van der Waals surface area (Å²) in [5, 5.41) is 13.4. The van der Waals surface area contributed by atoms with Crippen LogP contribution in [0.2, 0.25) is 0 Å². The first kappa shape index (κ1) is 18.5. The first-order chi connectivity index (χ1) is 11.7. The van der Waals surface area contributed by atoms with Crippen molar-refractivity contribution < 1.29 is 4.79 Å². The zero-order chi connectivity index (χ0) is 17.2. The fourth-order valence-electron chi connectivity index (χ4n) is 1.95. The van der Waals surface area contributed by atoms with Crippen molar-refractivity contribution in [3.63, 3.8) is 0 Å². The van der Waals surface area contributed by atoms with E-state index >= 15 is 0 Å². The molecule has 1 aromatic carbocycles. The Balaban J connectivity index is 1.76. The number of thiophene rings is 1. The Morgan fingerprint density at radius 3 is 2.67 bits per heavy atom. The van der Waals surface area contributed by atoms with Crippen LogP contribution in [0.1, 0.15) is 18.9 Å². The van der Waals surface area contributed by atoms with Crippen LogP contribution in [-0.2, 0) is 11.3 Å². The van der Waals surface area contributed by atoms with Crippen molar-refractivity contribution in [2.45, 2.75) is 19.9 Å². The van der Waals surface area contributed by atoms with E-state index in [1.54, 1.807) is 11.3 Å². The SMILES string of the molecule is CCNC(=NCc1ccsc1)NCCC(=O)Nc1ccc(Br)cc1. The Labute approximate surface area is 154 Å². The predicted molar refractivity (Wildman–Crippen MR) is 105 cm³/mol. The van der Waals surface area contributed by atoms with Crippen molar-refractivity contribution in [3.8, 4) is 0 Å². The largest absolute Gasteiger partial charge is 0.357 e. The normalized spacial score (nSPS) is 11.2. The van der Waals surface area contributed by atoms with Gasteiger partial charge in [-0.05, 0) is 53.6 Å². The number of amides is 1. The van der Waals surface area contributed by atoms with Gasteiger partial charge in [-0.25, -0.2) is 4.99 Å². The Morgan fingerprint density at radius 1 is 1.21 bits per heavy atom. The molecule has 2 rings (SSSR count). The third-order valence-corrected chi connectivity index (χ3v) is 4.38. The molecule has 0 unspecified atom stereocenters. The molecule has 0 fully saturated rings. The zero-order valence-corrected chi connectivity index (χ0v) is 15.9. The van der Waals surface area contributed by atoms with Crippen LogP contribution in [0.5, 0.6) is 0 Å². The lowest BCUT2D eigenvalue weighted by molar-refractivity contribution is -0.116. The van der Waals surface area contributed by atoms with Gasteiger partial charge in [-0.2, -0.15) is 11.3 Å². The standard InChI is InChI=1S/C17H21BrN4OS/c1-2-19-17(21-11-13-8-10-24-12-13)20-9-7-16(23)22-15-5-3-14(18)4-6-15/h3-6,8,10,12H,2,7,9,11H2,1H3,(H,22,23)(H2,19,20,21). The van der Waals surface area contributed by atoms with Gasteiger partial charge in [0.25, 0.3) is 0 Å². The van der Waals surface area contributed by atoms with E-state index < -0.39 is 0 Å². The van der Waals surface area contributed by atoms with Gasteiger partial charge in [0.1, 0.15) is 0 Å². The molecular weight excluding hydrogens is 388 g/mol. The third-order valence-electron chi connectivity index (χ3n) is 3.12. The number of hydrogen-bond donors (Lipinski definition) is 3. The summed E-state index contributed by atoms with van der Waals surface area (Å²) in [6.45, 7) is 3.95. The van der Waals surface area contributed by atoms with Crippen LogP contribution in [-0.4, -0.2) is 25.0 Å². The lowest BCUT2D eigenvalue weighted by Crippen LogP contribution is -2.38. The molecule has 7 heteroatoms. The molecule has 0 aliphatic heterocycles. The maximum Gasteiger partial charge on any atom is 0.226 e. The smallest absolute Gasteiger partial charge is 0.226 e.